The number of hydrogen-bond donors (Lipinski definition) is 1. The standard InChI is InChI=1S/C16H15Cl2NO2/c1-10-2-3-12(17)8-14(10)19-9-11-6-13(18)16-15(7-11)20-4-5-21-16/h2-3,6-8,19H,4-5,9H2,1H3. The predicted octanol–water partition coefficient (Wildman–Crippen LogP) is 4.69. The molecule has 0 unspecified atom stereocenters. The van der Waals surface area contributed by atoms with Gasteiger partial charge in [0.2, 0.25) is 0 Å². The van der Waals surface area contributed by atoms with Gasteiger partial charge in [-0.25, -0.2) is 0 Å². The summed E-state index contributed by atoms with van der Waals surface area (Å²) in [5.74, 6) is 1.33. The van der Waals surface area contributed by atoms with Crippen LogP contribution in [0.4, 0.5) is 5.69 Å². The number of anilines is 1. The summed E-state index contributed by atoms with van der Waals surface area (Å²) in [6, 6.07) is 9.62. The van der Waals surface area contributed by atoms with E-state index in [0.29, 0.717) is 41.3 Å². The van der Waals surface area contributed by atoms with E-state index in [-0.39, 0.29) is 0 Å². The summed E-state index contributed by atoms with van der Waals surface area (Å²) >= 11 is 12.3. The highest BCUT2D eigenvalue weighted by atomic mass is 35.5. The molecule has 0 fully saturated rings. The lowest BCUT2D eigenvalue weighted by molar-refractivity contribution is 0.171. The molecule has 0 spiro atoms. The molecule has 5 heteroatoms. The van der Waals surface area contributed by atoms with Crippen molar-refractivity contribution in [2.24, 2.45) is 0 Å². The summed E-state index contributed by atoms with van der Waals surface area (Å²) in [7, 11) is 0. The first-order chi connectivity index (χ1) is 10.1. The van der Waals surface area contributed by atoms with E-state index in [2.05, 4.69) is 5.32 Å². The molecular formula is C16H15Cl2NO2. The molecule has 0 saturated heterocycles. The van der Waals surface area contributed by atoms with Crippen LogP contribution in [0.25, 0.3) is 0 Å². The number of hydrogen-bond acceptors (Lipinski definition) is 3. The van der Waals surface area contributed by atoms with E-state index in [4.69, 9.17) is 32.7 Å². The van der Waals surface area contributed by atoms with Gasteiger partial charge in [-0.15, -0.1) is 0 Å². The molecule has 1 aliphatic rings. The van der Waals surface area contributed by atoms with Crippen molar-refractivity contribution < 1.29 is 9.47 Å². The van der Waals surface area contributed by atoms with Gasteiger partial charge < -0.3 is 14.8 Å². The molecule has 0 aromatic heterocycles. The normalized spacial score (nSPS) is 13.1. The van der Waals surface area contributed by atoms with Gasteiger partial charge >= 0.3 is 0 Å². The third kappa shape index (κ3) is 3.20. The van der Waals surface area contributed by atoms with Crippen molar-refractivity contribution in [3.8, 4) is 11.5 Å². The summed E-state index contributed by atoms with van der Waals surface area (Å²) in [5.41, 5.74) is 3.18. The molecule has 0 aliphatic carbocycles. The highest BCUT2D eigenvalue weighted by Crippen LogP contribution is 2.38. The highest BCUT2D eigenvalue weighted by Gasteiger charge is 2.16. The Morgan fingerprint density at radius 2 is 1.90 bits per heavy atom. The lowest BCUT2D eigenvalue weighted by atomic mass is 10.1. The van der Waals surface area contributed by atoms with Gasteiger partial charge in [0.05, 0.1) is 5.02 Å². The average Bonchev–Trinajstić information content (AvgIpc) is 2.48. The zero-order valence-corrected chi connectivity index (χ0v) is 13.1. The third-order valence-corrected chi connectivity index (χ3v) is 3.86. The first-order valence-corrected chi connectivity index (χ1v) is 7.47. The first kappa shape index (κ1) is 14.4. The third-order valence-electron chi connectivity index (χ3n) is 3.34. The number of halogens is 2. The monoisotopic (exact) mass is 323 g/mol. The van der Waals surface area contributed by atoms with E-state index in [1.807, 2.05) is 37.3 Å². The quantitative estimate of drug-likeness (QED) is 0.889. The van der Waals surface area contributed by atoms with Crippen molar-refractivity contribution in [1.82, 2.24) is 0 Å². The fraction of sp³-hybridized carbons (Fsp3) is 0.250. The molecule has 1 aliphatic heterocycles. The van der Waals surface area contributed by atoms with Gasteiger partial charge in [-0.05, 0) is 42.3 Å². The van der Waals surface area contributed by atoms with Crippen molar-refractivity contribution in [2.45, 2.75) is 13.5 Å². The second kappa shape index (κ2) is 6.04. The Bertz CT molecular complexity index is 674. The summed E-state index contributed by atoms with van der Waals surface area (Å²) < 4.78 is 11.1. The number of aryl methyl sites for hydroxylation is 1. The molecular weight excluding hydrogens is 309 g/mol. The molecule has 2 aromatic carbocycles. The number of nitrogens with one attached hydrogen (secondary N) is 1. The van der Waals surface area contributed by atoms with Gasteiger partial charge in [-0.1, -0.05) is 29.3 Å². The number of rotatable bonds is 3. The second-order valence-corrected chi connectivity index (χ2v) is 5.76. The van der Waals surface area contributed by atoms with Crippen LogP contribution in [-0.4, -0.2) is 13.2 Å². The van der Waals surface area contributed by atoms with Gasteiger partial charge in [0.25, 0.3) is 0 Å². The molecule has 0 saturated carbocycles. The maximum atomic E-state index is 6.23. The van der Waals surface area contributed by atoms with Crippen LogP contribution in [0.1, 0.15) is 11.1 Å². The van der Waals surface area contributed by atoms with Gasteiger partial charge in [0.15, 0.2) is 11.5 Å². The van der Waals surface area contributed by atoms with Crippen LogP contribution >= 0.6 is 23.2 Å². The average molecular weight is 324 g/mol. The zero-order chi connectivity index (χ0) is 14.8. The molecule has 110 valence electrons. The minimum absolute atomic E-state index is 0.534. The van der Waals surface area contributed by atoms with Crippen LogP contribution in [0.15, 0.2) is 30.3 Å². The minimum Gasteiger partial charge on any atom is -0.486 e. The summed E-state index contributed by atoms with van der Waals surface area (Å²) in [6.45, 7) is 3.76. The maximum absolute atomic E-state index is 6.23. The van der Waals surface area contributed by atoms with Crippen molar-refractivity contribution >= 4 is 28.9 Å². The smallest absolute Gasteiger partial charge is 0.179 e. The van der Waals surface area contributed by atoms with Gasteiger partial charge in [-0.2, -0.15) is 0 Å². The van der Waals surface area contributed by atoms with Crippen molar-refractivity contribution in [2.75, 3.05) is 18.5 Å². The van der Waals surface area contributed by atoms with Gasteiger partial charge in [-0.3, -0.25) is 0 Å². The molecule has 0 amide bonds. The van der Waals surface area contributed by atoms with Crippen molar-refractivity contribution in [1.29, 1.82) is 0 Å². The van der Waals surface area contributed by atoms with Gasteiger partial charge in [0.1, 0.15) is 13.2 Å². The van der Waals surface area contributed by atoms with E-state index in [1.165, 1.54) is 0 Å². The van der Waals surface area contributed by atoms with Crippen LogP contribution < -0.4 is 14.8 Å². The number of benzene rings is 2. The summed E-state index contributed by atoms with van der Waals surface area (Å²) in [5, 5.41) is 4.65. The minimum atomic E-state index is 0.534. The second-order valence-electron chi connectivity index (χ2n) is 4.91. The molecule has 0 bridgehead atoms. The lowest BCUT2D eigenvalue weighted by Gasteiger charge is -2.20. The Hall–Kier alpha value is -1.58. The molecule has 0 atom stereocenters. The fourth-order valence-electron chi connectivity index (χ4n) is 2.25. The van der Waals surface area contributed by atoms with E-state index >= 15 is 0 Å². The fourth-order valence-corrected chi connectivity index (χ4v) is 2.71. The molecule has 0 radical (unpaired) electrons. The van der Waals surface area contributed by atoms with Crippen molar-refractivity contribution in [3.63, 3.8) is 0 Å². The highest BCUT2D eigenvalue weighted by molar-refractivity contribution is 6.32. The molecule has 3 rings (SSSR count). The van der Waals surface area contributed by atoms with E-state index in [9.17, 15) is 0 Å². The van der Waals surface area contributed by atoms with E-state index in [1.54, 1.807) is 0 Å². The molecule has 21 heavy (non-hydrogen) atoms. The van der Waals surface area contributed by atoms with Crippen LogP contribution in [0, 0.1) is 6.92 Å². The summed E-state index contributed by atoms with van der Waals surface area (Å²) in [4.78, 5) is 0. The van der Waals surface area contributed by atoms with Crippen LogP contribution in [0.2, 0.25) is 10.0 Å². The Balaban J connectivity index is 1.79. The summed E-state index contributed by atoms with van der Waals surface area (Å²) in [6.07, 6.45) is 0. The van der Waals surface area contributed by atoms with Crippen LogP contribution in [-0.2, 0) is 6.54 Å². The lowest BCUT2D eigenvalue weighted by Crippen LogP contribution is -2.16. The molecule has 2 aromatic rings. The van der Waals surface area contributed by atoms with Crippen molar-refractivity contribution in [3.05, 3.63) is 51.5 Å². The Kier molecular flexibility index (Phi) is 4.13. The molecule has 1 N–H and O–H groups in total. The maximum Gasteiger partial charge on any atom is 0.179 e. The first-order valence-electron chi connectivity index (χ1n) is 6.71. The van der Waals surface area contributed by atoms with Crippen LogP contribution in [0.3, 0.4) is 0 Å². The van der Waals surface area contributed by atoms with E-state index < -0.39 is 0 Å². The van der Waals surface area contributed by atoms with E-state index in [0.717, 1.165) is 16.8 Å². The Labute approximate surface area is 133 Å². The number of fused-ring (bicyclic) bond motifs is 1. The Morgan fingerprint density at radius 1 is 1.10 bits per heavy atom. The Morgan fingerprint density at radius 3 is 2.76 bits per heavy atom. The molecule has 3 nitrogen and oxygen atoms in total. The largest absolute Gasteiger partial charge is 0.486 e. The predicted molar refractivity (Wildman–Crippen MR) is 86.0 cm³/mol. The molecule has 1 heterocycles. The topological polar surface area (TPSA) is 30.5 Å². The number of ether oxygens (including phenoxy) is 2. The van der Waals surface area contributed by atoms with Gasteiger partial charge in [0, 0.05) is 17.3 Å². The SMILES string of the molecule is Cc1ccc(Cl)cc1NCc1cc(Cl)c2c(c1)OCCO2. The zero-order valence-electron chi connectivity index (χ0n) is 11.6. The van der Waals surface area contributed by atoms with Crippen LogP contribution in [0.5, 0.6) is 11.5 Å².